The highest BCUT2D eigenvalue weighted by atomic mass is 79.9. The highest BCUT2D eigenvalue weighted by molar-refractivity contribution is 9.10. The van der Waals surface area contributed by atoms with Crippen molar-refractivity contribution in [2.45, 2.75) is 38.1 Å². The molecule has 0 aromatic heterocycles. The Hall–Kier alpha value is -0.460. The fourth-order valence-corrected chi connectivity index (χ4v) is 4.43. The molecule has 6 heteroatoms. The molecule has 0 aliphatic carbocycles. The smallest absolute Gasteiger partial charge is 0.207 e. The van der Waals surface area contributed by atoms with Gasteiger partial charge in [-0.3, -0.25) is 0 Å². The first kappa shape index (κ1) is 15.6. The van der Waals surface area contributed by atoms with Gasteiger partial charge in [0.2, 0.25) is 10.0 Å². The molecule has 1 aromatic carbocycles. The van der Waals surface area contributed by atoms with Crippen molar-refractivity contribution in [3.8, 4) is 0 Å². The van der Waals surface area contributed by atoms with Crippen molar-refractivity contribution in [1.29, 1.82) is 0 Å². The predicted octanol–water partition coefficient (Wildman–Crippen LogP) is 3.40. The van der Waals surface area contributed by atoms with Crippen LogP contribution in [0.15, 0.2) is 27.6 Å². The lowest BCUT2D eigenvalue weighted by Gasteiger charge is -2.25. The Morgan fingerprint density at radius 3 is 2.44 bits per heavy atom. The monoisotopic (exact) mass is 337 g/mol. The molecule has 0 saturated carbocycles. The summed E-state index contributed by atoms with van der Waals surface area (Å²) in [6.07, 6.45) is 0.732. The largest absolute Gasteiger partial charge is 0.244 e. The van der Waals surface area contributed by atoms with E-state index >= 15 is 0 Å². The number of sulfonamides is 1. The van der Waals surface area contributed by atoms with E-state index in [-0.39, 0.29) is 15.4 Å². The Bertz CT molecular complexity index is 517. The van der Waals surface area contributed by atoms with Crippen LogP contribution < -0.4 is 0 Å². The van der Waals surface area contributed by atoms with E-state index in [4.69, 9.17) is 0 Å². The molecule has 0 aliphatic rings. The number of nitrogens with zero attached hydrogens (tertiary/aromatic N) is 1. The number of hydrogen-bond donors (Lipinski definition) is 0. The van der Waals surface area contributed by atoms with Crippen LogP contribution in [0.25, 0.3) is 0 Å². The average molecular weight is 338 g/mol. The quantitative estimate of drug-likeness (QED) is 0.825. The molecule has 0 heterocycles. The van der Waals surface area contributed by atoms with E-state index in [0.717, 1.165) is 18.6 Å². The topological polar surface area (TPSA) is 37.4 Å². The van der Waals surface area contributed by atoms with Gasteiger partial charge in [0.25, 0.3) is 0 Å². The average Bonchev–Trinajstić information content (AvgIpc) is 2.24. The van der Waals surface area contributed by atoms with Gasteiger partial charge in [0.1, 0.15) is 5.82 Å². The van der Waals surface area contributed by atoms with Crippen LogP contribution in [0.5, 0.6) is 0 Å². The molecule has 18 heavy (non-hydrogen) atoms. The van der Waals surface area contributed by atoms with Crippen molar-refractivity contribution in [2.24, 2.45) is 0 Å². The van der Waals surface area contributed by atoms with Gasteiger partial charge in [-0.1, -0.05) is 6.92 Å². The summed E-state index contributed by atoms with van der Waals surface area (Å²) in [4.78, 5) is 0.103. The van der Waals surface area contributed by atoms with Gasteiger partial charge in [-0.2, -0.15) is 4.31 Å². The van der Waals surface area contributed by atoms with E-state index in [1.807, 2.05) is 20.8 Å². The lowest BCUT2D eigenvalue weighted by molar-refractivity contribution is 0.354. The summed E-state index contributed by atoms with van der Waals surface area (Å²) in [7, 11) is -3.59. The summed E-state index contributed by atoms with van der Waals surface area (Å²) in [5.41, 5.74) is 0. The van der Waals surface area contributed by atoms with E-state index in [1.54, 1.807) is 0 Å². The summed E-state index contributed by atoms with van der Waals surface area (Å²) >= 11 is 3.11. The van der Waals surface area contributed by atoms with Crippen LogP contribution in [0.4, 0.5) is 4.39 Å². The third-order valence-corrected chi connectivity index (χ3v) is 5.55. The second-order valence-electron chi connectivity index (χ2n) is 4.28. The lowest BCUT2D eigenvalue weighted by atomic mass is 10.3. The van der Waals surface area contributed by atoms with E-state index in [2.05, 4.69) is 15.9 Å². The van der Waals surface area contributed by atoms with Crippen LogP contribution in [0.3, 0.4) is 0 Å². The van der Waals surface area contributed by atoms with Gasteiger partial charge in [0.05, 0.1) is 4.90 Å². The van der Waals surface area contributed by atoms with E-state index < -0.39 is 15.8 Å². The van der Waals surface area contributed by atoms with Gasteiger partial charge >= 0.3 is 0 Å². The maximum atomic E-state index is 13.0. The standard InChI is InChI=1S/C12H17BrFNO2S/c1-4-7-15(9(2)3)18(16,17)12-6-5-10(14)8-11(12)13/h5-6,8-9H,4,7H2,1-3H3. The van der Waals surface area contributed by atoms with Crippen molar-refractivity contribution in [3.63, 3.8) is 0 Å². The number of hydrogen-bond acceptors (Lipinski definition) is 2. The van der Waals surface area contributed by atoms with Gasteiger partial charge in [0.15, 0.2) is 0 Å². The molecule has 0 aliphatic heterocycles. The normalized spacial score (nSPS) is 12.4. The lowest BCUT2D eigenvalue weighted by Crippen LogP contribution is -2.37. The van der Waals surface area contributed by atoms with Crippen molar-refractivity contribution in [2.75, 3.05) is 6.54 Å². The minimum absolute atomic E-state index is 0.103. The Labute approximate surface area is 116 Å². The van der Waals surface area contributed by atoms with Gasteiger partial charge in [0, 0.05) is 17.1 Å². The van der Waals surface area contributed by atoms with Crippen LogP contribution >= 0.6 is 15.9 Å². The molecule has 0 fully saturated rings. The molecule has 1 aromatic rings. The molecule has 0 N–H and O–H groups in total. The van der Waals surface area contributed by atoms with E-state index in [9.17, 15) is 12.8 Å². The summed E-state index contributed by atoms with van der Waals surface area (Å²) in [6.45, 7) is 6.02. The first-order valence-corrected chi connectivity index (χ1v) is 8.01. The second kappa shape index (κ2) is 6.12. The summed E-state index contributed by atoms with van der Waals surface area (Å²) in [5, 5.41) is 0. The van der Waals surface area contributed by atoms with Crippen LogP contribution in [0, 0.1) is 5.82 Å². The maximum absolute atomic E-state index is 13.0. The van der Waals surface area contributed by atoms with Crippen molar-refractivity contribution < 1.29 is 12.8 Å². The number of benzene rings is 1. The van der Waals surface area contributed by atoms with Crippen molar-refractivity contribution >= 4 is 26.0 Å². The fraction of sp³-hybridized carbons (Fsp3) is 0.500. The van der Waals surface area contributed by atoms with Crippen LogP contribution in [0.2, 0.25) is 0 Å². The van der Waals surface area contributed by atoms with Crippen molar-refractivity contribution in [1.82, 2.24) is 4.31 Å². The molecule has 0 spiro atoms. The molecule has 0 atom stereocenters. The Morgan fingerprint density at radius 1 is 1.39 bits per heavy atom. The Balaban J connectivity index is 3.26. The minimum Gasteiger partial charge on any atom is -0.207 e. The molecule has 3 nitrogen and oxygen atoms in total. The van der Waals surface area contributed by atoms with Crippen LogP contribution in [-0.2, 0) is 10.0 Å². The molecule has 0 saturated heterocycles. The van der Waals surface area contributed by atoms with Gasteiger partial charge < -0.3 is 0 Å². The first-order valence-electron chi connectivity index (χ1n) is 5.77. The Kier molecular flexibility index (Phi) is 5.31. The number of rotatable bonds is 5. The molecule has 0 bridgehead atoms. The second-order valence-corrected chi connectivity index (χ2v) is 7.00. The van der Waals surface area contributed by atoms with E-state index in [1.165, 1.54) is 10.4 Å². The minimum atomic E-state index is -3.59. The van der Waals surface area contributed by atoms with Gasteiger partial charge in [-0.15, -0.1) is 0 Å². The molecule has 1 rings (SSSR count). The maximum Gasteiger partial charge on any atom is 0.244 e. The molecule has 0 radical (unpaired) electrons. The molecular formula is C12H17BrFNO2S. The van der Waals surface area contributed by atoms with Crippen LogP contribution in [0.1, 0.15) is 27.2 Å². The molecule has 102 valence electrons. The first-order chi connectivity index (χ1) is 8.30. The van der Waals surface area contributed by atoms with Gasteiger partial charge in [-0.05, 0) is 54.4 Å². The molecular weight excluding hydrogens is 321 g/mol. The summed E-state index contributed by atoms with van der Waals surface area (Å²) in [6, 6.07) is 3.48. The predicted molar refractivity (Wildman–Crippen MR) is 73.4 cm³/mol. The third kappa shape index (κ3) is 3.30. The zero-order valence-corrected chi connectivity index (χ0v) is 13.1. The summed E-state index contributed by atoms with van der Waals surface area (Å²) < 4.78 is 39.6. The molecule has 0 unspecified atom stereocenters. The number of halogens is 2. The SMILES string of the molecule is CCCN(C(C)C)S(=O)(=O)c1ccc(F)cc1Br. The van der Waals surface area contributed by atoms with Crippen molar-refractivity contribution in [3.05, 3.63) is 28.5 Å². The Morgan fingerprint density at radius 2 is 2.00 bits per heavy atom. The fourth-order valence-electron chi connectivity index (χ4n) is 1.69. The van der Waals surface area contributed by atoms with Crippen LogP contribution in [-0.4, -0.2) is 25.3 Å². The third-order valence-electron chi connectivity index (χ3n) is 2.50. The zero-order valence-electron chi connectivity index (χ0n) is 10.7. The highest BCUT2D eigenvalue weighted by Gasteiger charge is 2.28. The highest BCUT2D eigenvalue weighted by Crippen LogP contribution is 2.27. The van der Waals surface area contributed by atoms with Gasteiger partial charge in [-0.25, -0.2) is 12.8 Å². The van der Waals surface area contributed by atoms with E-state index in [0.29, 0.717) is 6.54 Å². The molecule has 0 amide bonds. The zero-order chi connectivity index (χ0) is 13.9. The summed E-state index contributed by atoms with van der Waals surface area (Å²) in [5.74, 6) is -0.465.